The Bertz CT molecular complexity index is 379. The molecule has 0 bridgehead atoms. The molecule has 7 heteroatoms. The van der Waals surface area contributed by atoms with Crippen molar-refractivity contribution in [3.05, 3.63) is 0 Å². The molecule has 128 valence electrons. The summed E-state index contributed by atoms with van der Waals surface area (Å²) >= 11 is 1.94. The van der Waals surface area contributed by atoms with Gasteiger partial charge in [-0.25, -0.2) is 4.79 Å². The zero-order valence-electron chi connectivity index (χ0n) is 14.3. The molecule has 0 radical (unpaired) electrons. The number of amides is 2. The van der Waals surface area contributed by atoms with E-state index in [1.807, 2.05) is 39.6 Å². The van der Waals surface area contributed by atoms with E-state index >= 15 is 0 Å². The second kappa shape index (κ2) is 8.62. The number of ether oxygens (including phenoxy) is 1. The van der Waals surface area contributed by atoms with E-state index in [0.717, 1.165) is 12.2 Å². The summed E-state index contributed by atoms with van der Waals surface area (Å²) in [6.45, 7) is 6.76. The van der Waals surface area contributed by atoms with Crippen molar-refractivity contribution >= 4 is 23.8 Å². The van der Waals surface area contributed by atoms with Gasteiger partial charge in [-0.3, -0.25) is 9.69 Å². The first-order valence-corrected chi connectivity index (χ1v) is 8.83. The molecule has 1 N–H and O–H groups in total. The maximum absolute atomic E-state index is 11.9. The van der Waals surface area contributed by atoms with Crippen molar-refractivity contribution < 1.29 is 14.3 Å². The third-order valence-electron chi connectivity index (χ3n) is 3.40. The average Bonchev–Trinajstić information content (AvgIpc) is 2.90. The molecular formula is C15H29N3O3S. The number of nitrogens with zero attached hydrogens (tertiary/aromatic N) is 2. The van der Waals surface area contributed by atoms with Crippen LogP contribution < -0.4 is 5.32 Å². The normalized spacial score (nSPS) is 18.4. The third kappa shape index (κ3) is 7.35. The van der Waals surface area contributed by atoms with Crippen LogP contribution in [0.4, 0.5) is 4.79 Å². The predicted octanol–water partition coefficient (Wildman–Crippen LogP) is 1.41. The average molecular weight is 331 g/mol. The Morgan fingerprint density at radius 2 is 2.00 bits per heavy atom. The largest absolute Gasteiger partial charge is 0.444 e. The fraction of sp³-hybridized carbons (Fsp3) is 0.867. The number of hydrogen-bond donors (Lipinski definition) is 1. The molecular weight excluding hydrogens is 302 g/mol. The number of likely N-dealkylation sites (N-methyl/N-ethyl adjacent to an activating group) is 2. The smallest absolute Gasteiger partial charge is 0.410 e. The highest BCUT2D eigenvalue weighted by atomic mass is 32.2. The van der Waals surface area contributed by atoms with Gasteiger partial charge in [0.2, 0.25) is 5.91 Å². The Labute approximate surface area is 137 Å². The van der Waals surface area contributed by atoms with Gasteiger partial charge in [-0.1, -0.05) is 0 Å². The summed E-state index contributed by atoms with van der Waals surface area (Å²) in [5, 5.41) is 2.85. The molecule has 0 aromatic rings. The first-order valence-electron chi connectivity index (χ1n) is 7.68. The monoisotopic (exact) mass is 331 g/mol. The second-order valence-corrected chi connectivity index (χ2v) is 7.83. The summed E-state index contributed by atoms with van der Waals surface area (Å²) in [6.07, 6.45) is 0.775. The molecule has 0 aliphatic carbocycles. The molecule has 0 spiro atoms. The summed E-state index contributed by atoms with van der Waals surface area (Å²) in [4.78, 5) is 27.2. The Kier molecular flexibility index (Phi) is 7.48. The number of rotatable bonds is 6. The van der Waals surface area contributed by atoms with Gasteiger partial charge in [0.15, 0.2) is 0 Å². The van der Waals surface area contributed by atoms with Crippen LogP contribution in [0.1, 0.15) is 27.2 Å². The van der Waals surface area contributed by atoms with Gasteiger partial charge in [0.05, 0.1) is 6.54 Å². The standard InChI is InChI=1S/C15H29N3O3S/c1-15(2,3)21-14(20)17(4)8-7-16-13(19)10-18(5)12-6-9-22-11-12/h12H,6-11H2,1-5H3,(H,16,19)/t12-/m1/s1. The minimum Gasteiger partial charge on any atom is -0.444 e. The number of carbonyl (C=O) groups is 2. The fourth-order valence-corrected chi connectivity index (χ4v) is 3.37. The first-order chi connectivity index (χ1) is 10.2. The minimum absolute atomic E-state index is 0.00279. The lowest BCUT2D eigenvalue weighted by atomic mass is 10.2. The van der Waals surface area contributed by atoms with Crippen molar-refractivity contribution in [2.45, 2.75) is 38.8 Å². The SMILES string of the molecule is CN(CCNC(=O)CN(C)[C@@H]1CCSC1)C(=O)OC(C)(C)C. The molecule has 22 heavy (non-hydrogen) atoms. The number of carbonyl (C=O) groups excluding carboxylic acids is 2. The van der Waals surface area contributed by atoms with Crippen molar-refractivity contribution in [1.29, 1.82) is 0 Å². The first kappa shape index (κ1) is 19.1. The van der Waals surface area contributed by atoms with Gasteiger partial charge in [-0.15, -0.1) is 0 Å². The molecule has 1 saturated heterocycles. The lowest BCUT2D eigenvalue weighted by molar-refractivity contribution is -0.122. The van der Waals surface area contributed by atoms with Crippen molar-refractivity contribution in [3.8, 4) is 0 Å². The highest BCUT2D eigenvalue weighted by Gasteiger charge is 2.22. The quantitative estimate of drug-likeness (QED) is 0.797. The van der Waals surface area contributed by atoms with E-state index < -0.39 is 5.60 Å². The summed E-state index contributed by atoms with van der Waals surface area (Å²) < 4.78 is 5.25. The topological polar surface area (TPSA) is 61.9 Å². The van der Waals surface area contributed by atoms with Crippen LogP contribution in [0.2, 0.25) is 0 Å². The number of nitrogens with one attached hydrogen (secondary N) is 1. The molecule has 1 atom stereocenters. The highest BCUT2D eigenvalue weighted by Crippen LogP contribution is 2.20. The Morgan fingerprint density at radius 1 is 1.32 bits per heavy atom. The molecule has 0 aromatic heterocycles. The van der Waals surface area contributed by atoms with Crippen LogP contribution in [0.3, 0.4) is 0 Å². The molecule has 1 fully saturated rings. The van der Waals surface area contributed by atoms with E-state index in [4.69, 9.17) is 4.74 Å². The Morgan fingerprint density at radius 3 is 2.55 bits per heavy atom. The molecule has 0 unspecified atom stereocenters. The molecule has 6 nitrogen and oxygen atoms in total. The molecule has 1 heterocycles. The predicted molar refractivity (Wildman–Crippen MR) is 90.2 cm³/mol. The van der Waals surface area contributed by atoms with Crippen molar-refractivity contribution in [1.82, 2.24) is 15.1 Å². The number of thioether (sulfide) groups is 1. The van der Waals surface area contributed by atoms with Crippen LogP contribution in [0.25, 0.3) is 0 Å². The molecule has 0 saturated carbocycles. The van der Waals surface area contributed by atoms with Crippen LogP contribution >= 0.6 is 11.8 Å². The van der Waals surface area contributed by atoms with E-state index in [1.165, 1.54) is 10.7 Å². The summed E-state index contributed by atoms with van der Waals surface area (Å²) in [5.74, 6) is 2.28. The molecule has 1 aliphatic heterocycles. The van der Waals surface area contributed by atoms with Crippen molar-refractivity contribution in [2.75, 3.05) is 45.2 Å². The zero-order chi connectivity index (χ0) is 16.8. The van der Waals surface area contributed by atoms with E-state index in [2.05, 4.69) is 10.2 Å². The zero-order valence-corrected chi connectivity index (χ0v) is 15.2. The Balaban J connectivity index is 2.19. The van der Waals surface area contributed by atoms with Crippen LogP contribution in [0.15, 0.2) is 0 Å². The van der Waals surface area contributed by atoms with E-state index in [0.29, 0.717) is 25.7 Å². The molecule has 1 aliphatic rings. The van der Waals surface area contributed by atoms with Crippen molar-refractivity contribution in [3.63, 3.8) is 0 Å². The van der Waals surface area contributed by atoms with Crippen LogP contribution in [0.5, 0.6) is 0 Å². The summed E-state index contributed by atoms with van der Waals surface area (Å²) in [7, 11) is 3.66. The second-order valence-electron chi connectivity index (χ2n) is 6.68. The van der Waals surface area contributed by atoms with E-state index in [-0.39, 0.29) is 12.0 Å². The molecule has 0 aromatic carbocycles. The maximum atomic E-state index is 11.9. The number of hydrogen-bond acceptors (Lipinski definition) is 5. The summed E-state index contributed by atoms with van der Waals surface area (Å²) in [5.41, 5.74) is -0.503. The lowest BCUT2D eigenvalue weighted by Crippen LogP contribution is -2.43. The van der Waals surface area contributed by atoms with Crippen LogP contribution in [0, 0.1) is 0 Å². The minimum atomic E-state index is -0.503. The van der Waals surface area contributed by atoms with Gasteiger partial charge < -0.3 is 15.0 Å². The van der Waals surface area contributed by atoms with E-state index in [9.17, 15) is 9.59 Å². The van der Waals surface area contributed by atoms with Crippen LogP contribution in [-0.4, -0.2) is 78.7 Å². The van der Waals surface area contributed by atoms with Crippen LogP contribution in [-0.2, 0) is 9.53 Å². The highest BCUT2D eigenvalue weighted by molar-refractivity contribution is 7.99. The lowest BCUT2D eigenvalue weighted by Gasteiger charge is -2.25. The summed E-state index contributed by atoms with van der Waals surface area (Å²) in [6, 6.07) is 0.500. The van der Waals surface area contributed by atoms with Gasteiger partial charge in [0, 0.05) is 31.9 Å². The van der Waals surface area contributed by atoms with Gasteiger partial charge in [0.25, 0.3) is 0 Å². The van der Waals surface area contributed by atoms with Gasteiger partial charge in [-0.2, -0.15) is 11.8 Å². The molecule has 2 amide bonds. The van der Waals surface area contributed by atoms with Gasteiger partial charge >= 0.3 is 6.09 Å². The Hall–Kier alpha value is -0.950. The van der Waals surface area contributed by atoms with Gasteiger partial charge in [-0.05, 0) is 40.0 Å². The third-order valence-corrected chi connectivity index (χ3v) is 4.54. The van der Waals surface area contributed by atoms with E-state index in [1.54, 1.807) is 7.05 Å². The fourth-order valence-electron chi connectivity index (χ4n) is 2.08. The maximum Gasteiger partial charge on any atom is 0.410 e. The van der Waals surface area contributed by atoms with Crippen molar-refractivity contribution in [2.24, 2.45) is 0 Å². The van der Waals surface area contributed by atoms with Gasteiger partial charge in [0.1, 0.15) is 5.60 Å². The molecule has 1 rings (SSSR count).